The molecule has 26 heavy (non-hydrogen) atoms. The minimum absolute atomic E-state index is 0.0463. The number of aromatic nitrogens is 2. The van der Waals surface area contributed by atoms with Crippen molar-refractivity contribution in [1.82, 2.24) is 14.9 Å². The van der Waals surface area contributed by atoms with Gasteiger partial charge in [-0.3, -0.25) is 9.59 Å². The molecule has 2 heterocycles. The molecule has 1 saturated heterocycles. The maximum Gasteiger partial charge on any atom is 0.274 e. The van der Waals surface area contributed by atoms with Crippen molar-refractivity contribution in [2.24, 2.45) is 0 Å². The Balaban J connectivity index is 1.75. The van der Waals surface area contributed by atoms with Crippen LogP contribution >= 0.6 is 0 Å². The summed E-state index contributed by atoms with van der Waals surface area (Å²) in [5, 5.41) is 2.64. The second-order valence-corrected chi connectivity index (χ2v) is 6.15. The minimum atomic E-state index is -0.426. The fourth-order valence-corrected chi connectivity index (χ4v) is 2.79. The molecular formula is C18H20FN5O2. The Kier molecular flexibility index (Phi) is 5.11. The van der Waals surface area contributed by atoms with Crippen molar-refractivity contribution in [3.05, 3.63) is 47.5 Å². The molecule has 1 N–H and O–H groups in total. The van der Waals surface area contributed by atoms with Gasteiger partial charge >= 0.3 is 0 Å². The van der Waals surface area contributed by atoms with Crippen LogP contribution < -0.4 is 10.2 Å². The van der Waals surface area contributed by atoms with Gasteiger partial charge in [0.05, 0.1) is 0 Å². The van der Waals surface area contributed by atoms with Crippen LogP contribution in [-0.2, 0) is 4.79 Å². The fourth-order valence-electron chi connectivity index (χ4n) is 2.79. The lowest BCUT2D eigenvalue weighted by molar-refractivity contribution is -0.129. The van der Waals surface area contributed by atoms with Crippen LogP contribution in [0.25, 0.3) is 0 Å². The number of amides is 2. The Morgan fingerprint density at radius 2 is 1.85 bits per heavy atom. The van der Waals surface area contributed by atoms with Gasteiger partial charge in [0.25, 0.3) is 5.91 Å². The van der Waals surface area contributed by atoms with Gasteiger partial charge in [-0.05, 0) is 31.2 Å². The van der Waals surface area contributed by atoms with E-state index in [9.17, 15) is 14.0 Å². The van der Waals surface area contributed by atoms with E-state index in [2.05, 4.69) is 15.3 Å². The molecule has 2 amide bonds. The molecule has 0 saturated carbocycles. The van der Waals surface area contributed by atoms with E-state index in [-0.39, 0.29) is 11.6 Å². The molecule has 0 aliphatic carbocycles. The quantitative estimate of drug-likeness (QED) is 0.907. The molecule has 0 radical (unpaired) electrons. The summed E-state index contributed by atoms with van der Waals surface area (Å²) in [6.07, 6.45) is 0. The first-order chi connectivity index (χ1) is 12.4. The maximum absolute atomic E-state index is 13.3. The highest BCUT2D eigenvalue weighted by Crippen LogP contribution is 2.15. The van der Waals surface area contributed by atoms with Crippen LogP contribution in [0, 0.1) is 12.7 Å². The van der Waals surface area contributed by atoms with Gasteiger partial charge in [-0.1, -0.05) is 6.07 Å². The van der Waals surface area contributed by atoms with Crippen LogP contribution in [0.1, 0.15) is 23.1 Å². The third kappa shape index (κ3) is 4.14. The molecule has 1 aromatic carbocycles. The van der Waals surface area contributed by atoms with Crippen molar-refractivity contribution in [2.75, 3.05) is 36.4 Å². The molecule has 1 aromatic heterocycles. The largest absolute Gasteiger partial charge is 0.339 e. The van der Waals surface area contributed by atoms with Crippen LogP contribution in [0.2, 0.25) is 0 Å². The molecule has 0 atom stereocenters. The SMILES string of the molecule is CC(=O)N1CCN(c2nc(C)cc(C(=O)Nc3cccc(F)c3)n2)CC1. The highest BCUT2D eigenvalue weighted by atomic mass is 19.1. The van der Waals surface area contributed by atoms with Crippen LogP contribution in [-0.4, -0.2) is 52.9 Å². The maximum atomic E-state index is 13.3. The third-order valence-electron chi connectivity index (χ3n) is 4.17. The van der Waals surface area contributed by atoms with Gasteiger partial charge < -0.3 is 15.1 Å². The topological polar surface area (TPSA) is 78.4 Å². The van der Waals surface area contributed by atoms with Crippen molar-refractivity contribution in [2.45, 2.75) is 13.8 Å². The minimum Gasteiger partial charge on any atom is -0.339 e. The molecule has 136 valence electrons. The molecule has 3 rings (SSSR count). The molecule has 2 aromatic rings. The van der Waals surface area contributed by atoms with Gasteiger partial charge in [0, 0.05) is 44.5 Å². The predicted molar refractivity (Wildman–Crippen MR) is 95.6 cm³/mol. The standard InChI is InChI=1S/C18H20FN5O2/c1-12-10-16(17(26)21-15-5-3-4-14(19)11-15)22-18(20-12)24-8-6-23(7-9-24)13(2)25/h3-5,10-11H,6-9H2,1-2H3,(H,21,26). The van der Waals surface area contributed by atoms with Crippen molar-refractivity contribution >= 4 is 23.5 Å². The van der Waals surface area contributed by atoms with E-state index in [1.807, 2.05) is 4.90 Å². The first kappa shape index (κ1) is 17.8. The molecule has 0 bridgehead atoms. The highest BCUT2D eigenvalue weighted by molar-refractivity contribution is 6.03. The summed E-state index contributed by atoms with van der Waals surface area (Å²) in [6, 6.07) is 7.27. The molecule has 0 spiro atoms. The summed E-state index contributed by atoms with van der Waals surface area (Å²) in [4.78, 5) is 36.4. The Labute approximate surface area is 150 Å². The van der Waals surface area contributed by atoms with Crippen LogP contribution in [0.5, 0.6) is 0 Å². The van der Waals surface area contributed by atoms with Crippen molar-refractivity contribution in [3.63, 3.8) is 0 Å². The zero-order valence-electron chi connectivity index (χ0n) is 14.7. The van der Waals surface area contributed by atoms with Crippen molar-refractivity contribution in [3.8, 4) is 0 Å². The summed E-state index contributed by atoms with van der Waals surface area (Å²) in [5.41, 5.74) is 1.24. The van der Waals surface area contributed by atoms with E-state index >= 15 is 0 Å². The average Bonchev–Trinajstić information content (AvgIpc) is 2.61. The number of piperazine rings is 1. The van der Waals surface area contributed by atoms with E-state index in [0.29, 0.717) is 43.5 Å². The summed E-state index contributed by atoms with van der Waals surface area (Å²) in [5.74, 6) is -0.349. The van der Waals surface area contributed by atoms with Gasteiger partial charge in [-0.25, -0.2) is 14.4 Å². The molecule has 1 aliphatic heterocycles. The molecular weight excluding hydrogens is 337 g/mol. The van der Waals surface area contributed by atoms with Crippen LogP contribution in [0.3, 0.4) is 0 Å². The normalized spacial score (nSPS) is 14.3. The molecule has 7 nitrogen and oxygen atoms in total. The van der Waals surface area contributed by atoms with Gasteiger partial charge in [-0.15, -0.1) is 0 Å². The smallest absolute Gasteiger partial charge is 0.274 e. The number of carbonyl (C=O) groups excluding carboxylic acids is 2. The van der Waals surface area contributed by atoms with E-state index in [1.165, 1.54) is 18.2 Å². The third-order valence-corrected chi connectivity index (χ3v) is 4.17. The van der Waals surface area contributed by atoms with Crippen LogP contribution in [0.15, 0.2) is 30.3 Å². The van der Waals surface area contributed by atoms with E-state index < -0.39 is 11.7 Å². The van der Waals surface area contributed by atoms with E-state index in [4.69, 9.17) is 0 Å². The number of rotatable bonds is 3. The predicted octanol–water partition coefficient (Wildman–Crippen LogP) is 1.84. The Bertz CT molecular complexity index is 834. The number of benzene rings is 1. The van der Waals surface area contributed by atoms with Gasteiger partial charge in [0.2, 0.25) is 11.9 Å². The average molecular weight is 357 g/mol. The number of carbonyl (C=O) groups is 2. The lowest BCUT2D eigenvalue weighted by atomic mass is 10.2. The summed E-state index contributed by atoms with van der Waals surface area (Å²) < 4.78 is 13.3. The zero-order valence-corrected chi connectivity index (χ0v) is 14.7. The Morgan fingerprint density at radius 1 is 1.12 bits per heavy atom. The Hall–Kier alpha value is -3.03. The highest BCUT2D eigenvalue weighted by Gasteiger charge is 2.22. The number of hydrogen-bond acceptors (Lipinski definition) is 5. The molecule has 0 unspecified atom stereocenters. The van der Waals surface area contributed by atoms with Crippen molar-refractivity contribution in [1.29, 1.82) is 0 Å². The lowest BCUT2D eigenvalue weighted by Gasteiger charge is -2.34. The first-order valence-electron chi connectivity index (χ1n) is 8.35. The van der Waals surface area contributed by atoms with Crippen molar-refractivity contribution < 1.29 is 14.0 Å². The summed E-state index contributed by atoms with van der Waals surface area (Å²) in [7, 11) is 0. The summed E-state index contributed by atoms with van der Waals surface area (Å²) in [6.45, 7) is 5.74. The number of hydrogen-bond donors (Lipinski definition) is 1. The number of aryl methyl sites for hydroxylation is 1. The summed E-state index contributed by atoms with van der Waals surface area (Å²) >= 11 is 0. The monoisotopic (exact) mass is 357 g/mol. The van der Waals surface area contributed by atoms with E-state index in [1.54, 1.807) is 30.9 Å². The fraction of sp³-hybridized carbons (Fsp3) is 0.333. The first-order valence-corrected chi connectivity index (χ1v) is 8.35. The van der Waals surface area contributed by atoms with Gasteiger partial charge in [-0.2, -0.15) is 0 Å². The number of nitrogens with zero attached hydrogens (tertiary/aromatic N) is 4. The van der Waals surface area contributed by atoms with E-state index in [0.717, 1.165) is 0 Å². The number of anilines is 2. The molecule has 1 aliphatic rings. The lowest BCUT2D eigenvalue weighted by Crippen LogP contribution is -2.48. The van der Waals surface area contributed by atoms with Gasteiger partial charge in [0.15, 0.2) is 0 Å². The zero-order chi connectivity index (χ0) is 18.7. The number of nitrogens with one attached hydrogen (secondary N) is 1. The second kappa shape index (κ2) is 7.47. The molecule has 8 heteroatoms. The second-order valence-electron chi connectivity index (χ2n) is 6.15. The Morgan fingerprint density at radius 3 is 2.50 bits per heavy atom. The number of halogens is 1. The van der Waals surface area contributed by atoms with Crippen LogP contribution in [0.4, 0.5) is 16.0 Å². The van der Waals surface area contributed by atoms with Gasteiger partial charge in [0.1, 0.15) is 11.5 Å². The molecule has 1 fully saturated rings.